The number of hydrogen-bond donors (Lipinski definition) is 2. The molecule has 1 heterocycles. The van der Waals surface area contributed by atoms with E-state index in [1.807, 2.05) is 30.1 Å². The molecule has 0 aromatic heterocycles. The molecule has 0 unspecified atom stereocenters. The van der Waals surface area contributed by atoms with Gasteiger partial charge in [0.05, 0.1) is 31.0 Å². The fourth-order valence-electron chi connectivity index (χ4n) is 4.66. The number of amides is 2. The summed E-state index contributed by atoms with van der Waals surface area (Å²) in [6.45, 7) is 4.11. The molecule has 2 aliphatic rings. The molecule has 2 fully saturated rings. The van der Waals surface area contributed by atoms with Gasteiger partial charge >= 0.3 is 0 Å². The van der Waals surface area contributed by atoms with E-state index in [1.165, 1.54) is 11.3 Å². The maximum Gasteiger partial charge on any atom is 0.253 e. The smallest absolute Gasteiger partial charge is 0.253 e. The summed E-state index contributed by atoms with van der Waals surface area (Å²) in [7, 11) is 1.94. The lowest BCUT2D eigenvalue weighted by molar-refractivity contribution is -0.117. The summed E-state index contributed by atoms with van der Waals surface area (Å²) >= 11 is 0. The molecule has 4 rings (SSSR count). The van der Waals surface area contributed by atoms with Crippen molar-refractivity contribution in [3.8, 4) is 0 Å². The highest BCUT2D eigenvalue weighted by atomic mass is 16.5. The Morgan fingerprint density at radius 3 is 2.52 bits per heavy atom. The van der Waals surface area contributed by atoms with E-state index >= 15 is 0 Å². The largest absolute Gasteiger partial charge is 0.378 e. The molecule has 7 heteroatoms. The number of para-hydroxylation sites is 2. The minimum atomic E-state index is -0.137. The number of likely N-dealkylation sites (N-methyl/N-ethyl adjacent to an activating group) is 1. The van der Waals surface area contributed by atoms with Crippen molar-refractivity contribution in [2.24, 2.45) is 0 Å². The molecule has 0 bridgehead atoms. The van der Waals surface area contributed by atoms with Crippen LogP contribution in [-0.2, 0) is 16.1 Å². The van der Waals surface area contributed by atoms with E-state index in [4.69, 9.17) is 4.74 Å². The minimum absolute atomic E-state index is 0.120. The zero-order chi connectivity index (χ0) is 23.0. The van der Waals surface area contributed by atoms with Gasteiger partial charge in [-0.05, 0) is 43.7 Å². The number of anilines is 2. The van der Waals surface area contributed by atoms with Crippen molar-refractivity contribution in [2.75, 3.05) is 50.1 Å². The van der Waals surface area contributed by atoms with E-state index < -0.39 is 0 Å². The van der Waals surface area contributed by atoms with Crippen LogP contribution < -0.4 is 15.5 Å². The number of carbonyl (C=O) groups is 2. The summed E-state index contributed by atoms with van der Waals surface area (Å²) in [4.78, 5) is 29.9. The van der Waals surface area contributed by atoms with E-state index in [9.17, 15) is 9.59 Å². The fourth-order valence-corrected chi connectivity index (χ4v) is 4.66. The van der Waals surface area contributed by atoms with E-state index in [2.05, 4.69) is 33.7 Å². The van der Waals surface area contributed by atoms with Gasteiger partial charge in [0.25, 0.3) is 5.91 Å². The second kappa shape index (κ2) is 11.3. The molecule has 1 aliphatic heterocycles. The van der Waals surface area contributed by atoms with Gasteiger partial charge in [-0.3, -0.25) is 14.5 Å². The quantitative estimate of drug-likeness (QED) is 0.646. The molecule has 33 heavy (non-hydrogen) atoms. The van der Waals surface area contributed by atoms with E-state index in [-0.39, 0.29) is 24.4 Å². The summed E-state index contributed by atoms with van der Waals surface area (Å²) in [6.07, 6.45) is 4.36. The third kappa shape index (κ3) is 6.33. The lowest BCUT2D eigenvalue weighted by atomic mass is 10.1. The Labute approximate surface area is 196 Å². The number of rotatable bonds is 8. The molecular weight excluding hydrogens is 416 g/mol. The highest BCUT2D eigenvalue weighted by molar-refractivity contribution is 6.04. The first-order valence-electron chi connectivity index (χ1n) is 11.9. The van der Waals surface area contributed by atoms with Crippen molar-refractivity contribution < 1.29 is 14.3 Å². The molecule has 2 N–H and O–H groups in total. The number of hydrogen-bond acceptors (Lipinski definition) is 5. The van der Waals surface area contributed by atoms with Crippen LogP contribution in [0.4, 0.5) is 11.4 Å². The van der Waals surface area contributed by atoms with Crippen LogP contribution in [-0.4, -0.2) is 62.7 Å². The second-order valence-corrected chi connectivity index (χ2v) is 8.95. The van der Waals surface area contributed by atoms with Crippen LogP contribution in [0.15, 0.2) is 48.5 Å². The van der Waals surface area contributed by atoms with Crippen molar-refractivity contribution in [1.82, 2.24) is 10.2 Å². The predicted molar refractivity (Wildman–Crippen MR) is 131 cm³/mol. The third-order valence-corrected chi connectivity index (χ3v) is 6.33. The van der Waals surface area contributed by atoms with Crippen molar-refractivity contribution in [3.05, 3.63) is 59.7 Å². The normalized spacial score (nSPS) is 16.7. The van der Waals surface area contributed by atoms with Crippen molar-refractivity contribution in [1.29, 1.82) is 0 Å². The summed E-state index contributed by atoms with van der Waals surface area (Å²) in [5, 5.41) is 6.05. The minimum Gasteiger partial charge on any atom is -0.378 e. The maximum atomic E-state index is 12.8. The Hall–Kier alpha value is -2.90. The molecular formula is C26H34N4O3. The average molecular weight is 451 g/mol. The lowest BCUT2D eigenvalue weighted by Gasteiger charge is -2.31. The van der Waals surface area contributed by atoms with Gasteiger partial charge in [-0.25, -0.2) is 0 Å². The molecule has 2 aromatic carbocycles. The van der Waals surface area contributed by atoms with Gasteiger partial charge in [-0.2, -0.15) is 0 Å². The molecule has 0 spiro atoms. The summed E-state index contributed by atoms with van der Waals surface area (Å²) in [6, 6.07) is 15.8. The van der Waals surface area contributed by atoms with Gasteiger partial charge < -0.3 is 20.3 Å². The fraction of sp³-hybridized carbons (Fsp3) is 0.462. The Kier molecular flexibility index (Phi) is 7.96. The molecule has 1 saturated carbocycles. The van der Waals surface area contributed by atoms with Crippen LogP contribution in [0, 0.1) is 0 Å². The molecule has 2 aromatic rings. The van der Waals surface area contributed by atoms with Gasteiger partial charge in [0.1, 0.15) is 0 Å². The predicted octanol–water partition coefficient (Wildman–Crippen LogP) is 3.27. The first-order valence-corrected chi connectivity index (χ1v) is 11.9. The van der Waals surface area contributed by atoms with Crippen LogP contribution >= 0.6 is 0 Å². The summed E-state index contributed by atoms with van der Waals surface area (Å²) < 4.78 is 5.48. The topological polar surface area (TPSA) is 73.9 Å². The average Bonchev–Trinajstić information content (AvgIpc) is 3.33. The van der Waals surface area contributed by atoms with Gasteiger partial charge in [0.15, 0.2) is 0 Å². The van der Waals surface area contributed by atoms with E-state index in [0.29, 0.717) is 17.8 Å². The molecule has 7 nitrogen and oxygen atoms in total. The number of carbonyl (C=O) groups excluding carboxylic acids is 2. The number of ether oxygens (including phenoxy) is 1. The highest BCUT2D eigenvalue weighted by Gasteiger charge is 2.21. The monoisotopic (exact) mass is 450 g/mol. The number of morpholine rings is 1. The van der Waals surface area contributed by atoms with Crippen LogP contribution in [0.3, 0.4) is 0 Å². The Morgan fingerprint density at radius 1 is 1.03 bits per heavy atom. The first kappa shape index (κ1) is 23.3. The Bertz CT molecular complexity index is 952. The molecule has 0 atom stereocenters. The van der Waals surface area contributed by atoms with Crippen molar-refractivity contribution in [3.63, 3.8) is 0 Å². The number of nitrogens with zero attached hydrogens (tertiary/aromatic N) is 2. The van der Waals surface area contributed by atoms with Gasteiger partial charge in [0.2, 0.25) is 5.91 Å². The van der Waals surface area contributed by atoms with Crippen LogP contribution in [0.1, 0.15) is 41.6 Å². The van der Waals surface area contributed by atoms with Crippen LogP contribution in [0.25, 0.3) is 0 Å². The van der Waals surface area contributed by atoms with Gasteiger partial charge in [-0.1, -0.05) is 43.2 Å². The Morgan fingerprint density at radius 2 is 1.73 bits per heavy atom. The second-order valence-electron chi connectivity index (χ2n) is 8.95. The molecule has 0 radical (unpaired) electrons. The van der Waals surface area contributed by atoms with Crippen molar-refractivity contribution in [2.45, 2.75) is 38.3 Å². The SMILES string of the molecule is CN(CC(=O)Nc1ccccc1C(=O)NC1CCCC1)Cc1ccccc1N1CCOCC1. The van der Waals surface area contributed by atoms with Gasteiger partial charge in [0, 0.05) is 31.4 Å². The number of nitrogens with one attached hydrogen (secondary N) is 2. The van der Waals surface area contributed by atoms with E-state index in [1.54, 1.807) is 12.1 Å². The van der Waals surface area contributed by atoms with Gasteiger partial charge in [-0.15, -0.1) is 0 Å². The first-order chi connectivity index (χ1) is 16.1. The molecule has 176 valence electrons. The van der Waals surface area contributed by atoms with Crippen LogP contribution in [0.5, 0.6) is 0 Å². The van der Waals surface area contributed by atoms with Crippen molar-refractivity contribution >= 4 is 23.2 Å². The zero-order valence-corrected chi connectivity index (χ0v) is 19.4. The zero-order valence-electron chi connectivity index (χ0n) is 19.4. The summed E-state index contributed by atoms with van der Waals surface area (Å²) in [5.41, 5.74) is 3.45. The highest BCUT2D eigenvalue weighted by Crippen LogP contribution is 2.23. The maximum absolute atomic E-state index is 12.8. The van der Waals surface area contributed by atoms with E-state index in [0.717, 1.165) is 52.0 Å². The standard InChI is InChI=1S/C26H34N4O3/c1-29(18-20-8-2-7-13-24(20)30-14-16-33-17-15-30)19-25(31)28-23-12-6-5-11-22(23)26(32)27-21-9-3-4-10-21/h2,5-8,11-13,21H,3-4,9-10,14-19H2,1H3,(H,27,32)(H,28,31). The molecule has 2 amide bonds. The van der Waals surface area contributed by atoms with Crippen LogP contribution in [0.2, 0.25) is 0 Å². The molecule has 1 saturated heterocycles. The Balaban J connectivity index is 1.35. The third-order valence-electron chi connectivity index (χ3n) is 6.33. The lowest BCUT2D eigenvalue weighted by Crippen LogP contribution is -2.37. The molecule has 1 aliphatic carbocycles. The number of benzene rings is 2. The summed E-state index contributed by atoms with van der Waals surface area (Å²) in [5.74, 6) is -0.256.